The molecule has 1 amide bonds. The van der Waals surface area contributed by atoms with Gasteiger partial charge in [0.15, 0.2) is 0 Å². The Morgan fingerprint density at radius 1 is 1.43 bits per heavy atom. The fourth-order valence-electron chi connectivity index (χ4n) is 1.91. The molecule has 0 aliphatic heterocycles. The normalized spacial score (nSPS) is 10.6. The molecule has 0 spiro atoms. The summed E-state index contributed by atoms with van der Waals surface area (Å²) in [4.78, 5) is 34.9. The number of rotatable bonds is 5. The van der Waals surface area contributed by atoms with Gasteiger partial charge in [0.2, 0.25) is 5.91 Å². The maximum Gasteiger partial charge on any atom is 0.252 e. The van der Waals surface area contributed by atoms with Crippen molar-refractivity contribution in [2.24, 2.45) is 0 Å². The van der Waals surface area contributed by atoms with Gasteiger partial charge in [-0.2, -0.15) is 0 Å². The molecule has 2 aromatic heterocycles. The molecule has 0 aromatic carbocycles. The molecule has 0 unspecified atom stereocenters. The number of hydrogen-bond donors (Lipinski definition) is 3. The highest BCUT2D eigenvalue weighted by Gasteiger charge is 2.10. The average Bonchev–Trinajstić information content (AvgIpc) is 2.66. The van der Waals surface area contributed by atoms with Crippen LogP contribution in [0.1, 0.15) is 21.4 Å². The number of aromatic nitrogens is 3. The van der Waals surface area contributed by atoms with Gasteiger partial charge in [0.25, 0.3) is 5.56 Å². The zero-order chi connectivity index (χ0) is 15.4. The Balaban J connectivity index is 1.84. The number of nitrogens with two attached hydrogens (primary N) is 1. The third-order valence-electron chi connectivity index (χ3n) is 2.82. The zero-order valence-electron chi connectivity index (χ0n) is 11.9. The molecule has 0 saturated carbocycles. The van der Waals surface area contributed by atoms with Crippen molar-refractivity contribution < 1.29 is 4.79 Å². The molecule has 8 heteroatoms. The summed E-state index contributed by atoms with van der Waals surface area (Å²) in [7, 11) is 0. The fourth-order valence-corrected chi connectivity index (χ4v) is 2.85. The standard InChI is InChI=1S/C13H17N5O2S/c1-7-9(21-8(2)16-7)5-12(19)15-4-3-11-17-10(14)6-13(20)18-11/h6H,3-5H2,1-2H3,(H,15,19)(H3,14,17,18,20). The highest BCUT2D eigenvalue weighted by molar-refractivity contribution is 7.11. The number of thiazole rings is 1. The zero-order valence-corrected chi connectivity index (χ0v) is 12.7. The summed E-state index contributed by atoms with van der Waals surface area (Å²) in [5.41, 5.74) is 6.09. The number of aromatic amines is 1. The van der Waals surface area contributed by atoms with E-state index >= 15 is 0 Å². The first-order valence-corrected chi connectivity index (χ1v) is 7.31. The average molecular weight is 307 g/mol. The Hall–Kier alpha value is -2.22. The topological polar surface area (TPSA) is 114 Å². The molecule has 0 saturated heterocycles. The van der Waals surface area contributed by atoms with Crippen molar-refractivity contribution >= 4 is 23.1 Å². The van der Waals surface area contributed by atoms with Crippen LogP contribution in [0.3, 0.4) is 0 Å². The summed E-state index contributed by atoms with van der Waals surface area (Å²) in [6.45, 7) is 4.20. The first kappa shape index (κ1) is 15.2. The van der Waals surface area contributed by atoms with Crippen LogP contribution < -0.4 is 16.6 Å². The molecule has 7 nitrogen and oxygen atoms in total. The number of anilines is 1. The first-order valence-electron chi connectivity index (χ1n) is 6.49. The van der Waals surface area contributed by atoms with Crippen LogP contribution in [0.5, 0.6) is 0 Å². The number of hydrogen-bond acceptors (Lipinski definition) is 6. The Kier molecular flexibility index (Phi) is 4.69. The minimum absolute atomic E-state index is 0.0759. The van der Waals surface area contributed by atoms with Crippen molar-refractivity contribution in [2.45, 2.75) is 26.7 Å². The maximum absolute atomic E-state index is 11.8. The molecular formula is C13H17N5O2S. The van der Waals surface area contributed by atoms with E-state index in [-0.39, 0.29) is 17.3 Å². The number of carbonyl (C=O) groups excluding carboxylic acids is 1. The first-order chi connectivity index (χ1) is 9.94. The largest absolute Gasteiger partial charge is 0.383 e. The molecule has 4 N–H and O–H groups in total. The van der Waals surface area contributed by atoms with Crippen LogP contribution >= 0.6 is 11.3 Å². The van der Waals surface area contributed by atoms with Gasteiger partial charge in [-0.1, -0.05) is 0 Å². The van der Waals surface area contributed by atoms with Gasteiger partial charge < -0.3 is 16.0 Å². The summed E-state index contributed by atoms with van der Waals surface area (Å²) in [5, 5.41) is 3.75. The van der Waals surface area contributed by atoms with Gasteiger partial charge in [0.05, 0.1) is 17.1 Å². The molecule has 112 valence electrons. The van der Waals surface area contributed by atoms with Crippen LogP contribution in [-0.2, 0) is 17.6 Å². The second-order valence-electron chi connectivity index (χ2n) is 4.64. The van der Waals surface area contributed by atoms with Crippen LogP contribution in [0.25, 0.3) is 0 Å². The second-order valence-corrected chi connectivity index (χ2v) is 5.92. The van der Waals surface area contributed by atoms with Crippen LogP contribution in [-0.4, -0.2) is 27.4 Å². The summed E-state index contributed by atoms with van der Waals surface area (Å²) < 4.78 is 0. The van der Waals surface area contributed by atoms with Crippen LogP contribution in [0.4, 0.5) is 5.82 Å². The van der Waals surface area contributed by atoms with Gasteiger partial charge in [-0.3, -0.25) is 9.59 Å². The minimum atomic E-state index is -0.292. The molecule has 0 radical (unpaired) electrons. The van der Waals surface area contributed by atoms with Gasteiger partial charge in [-0.25, -0.2) is 9.97 Å². The molecule has 0 fully saturated rings. The van der Waals surface area contributed by atoms with Crippen molar-refractivity contribution in [3.8, 4) is 0 Å². The van der Waals surface area contributed by atoms with E-state index in [4.69, 9.17) is 5.73 Å². The highest BCUT2D eigenvalue weighted by atomic mass is 32.1. The summed E-state index contributed by atoms with van der Waals surface area (Å²) >= 11 is 1.53. The number of carbonyl (C=O) groups is 1. The Morgan fingerprint density at radius 2 is 2.19 bits per heavy atom. The van der Waals surface area contributed by atoms with Crippen molar-refractivity contribution in [3.63, 3.8) is 0 Å². The molecule has 2 rings (SSSR count). The molecule has 0 aliphatic carbocycles. The number of nitrogens with zero attached hydrogens (tertiary/aromatic N) is 2. The highest BCUT2D eigenvalue weighted by Crippen LogP contribution is 2.17. The van der Waals surface area contributed by atoms with Crippen LogP contribution in [0.15, 0.2) is 10.9 Å². The summed E-state index contributed by atoms with van der Waals surface area (Å²) in [6.07, 6.45) is 0.741. The van der Waals surface area contributed by atoms with Gasteiger partial charge in [-0.05, 0) is 13.8 Å². The number of aryl methyl sites for hydroxylation is 2. The number of nitrogen functional groups attached to an aromatic ring is 1. The van der Waals surface area contributed by atoms with E-state index in [1.165, 1.54) is 17.4 Å². The lowest BCUT2D eigenvalue weighted by Gasteiger charge is -2.04. The van der Waals surface area contributed by atoms with Crippen LogP contribution in [0, 0.1) is 13.8 Å². The molecular weight excluding hydrogens is 290 g/mol. The third-order valence-corrected chi connectivity index (χ3v) is 3.89. The lowest BCUT2D eigenvalue weighted by atomic mass is 10.3. The van der Waals surface area contributed by atoms with E-state index in [1.807, 2.05) is 13.8 Å². The van der Waals surface area contributed by atoms with Crippen molar-refractivity contribution in [2.75, 3.05) is 12.3 Å². The predicted molar refractivity (Wildman–Crippen MR) is 81.3 cm³/mol. The summed E-state index contributed by atoms with van der Waals surface area (Å²) in [6, 6.07) is 1.22. The van der Waals surface area contributed by atoms with Gasteiger partial charge in [-0.15, -0.1) is 11.3 Å². The van der Waals surface area contributed by atoms with E-state index < -0.39 is 0 Å². The van der Waals surface area contributed by atoms with Crippen LogP contribution in [0.2, 0.25) is 0 Å². The van der Waals surface area contributed by atoms with E-state index in [9.17, 15) is 9.59 Å². The number of H-pyrrole nitrogens is 1. The molecule has 0 atom stereocenters. The van der Waals surface area contributed by atoms with E-state index in [0.29, 0.717) is 25.2 Å². The molecule has 0 aliphatic rings. The Morgan fingerprint density at radius 3 is 2.81 bits per heavy atom. The SMILES string of the molecule is Cc1nc(C)c(CC(=O)NCCc2nc(N)cc(=O)[nH]2)s1. The number of nitrogens with one attached hydrogen (secondary N) is 2. The maximum atomic E-state index is 11.8. The van der Waals surface area contributed by atoms with E-state index in [1.54, 1.807) is 0 Å². The molecule has 2 heterocycles. The van der Waals surface area contributed by atoms with Gasteiger partial charge >= 0.3 is 0 Å². The third kappa shape index (κ3) is 4.38. The minimum Gasteiger partial charge on any atom is -0.383 e. The second kappa shape index (κ2) is 6.49. The van der Waals surface area contributed by atoms with Crippen molar-refractivity contribution in [3.05, 3.63) is 37.8 Å². The number of amides is 1. The monoisotopic (exact) mass is 307 g/mol. The Labute approximate surface area is 125 Å². The predicted octanol–water partition coefficient (Wildman–Crippen LogP) is 0.327. The van der Waals surface area contributed by atoms with E-state index in [0.717, 1.165) is 15.6 Å². The fraction of sp³-hybridized carbons (Fsp3) is 0.385. The molecule has 21 heavy (non-hydrogen) atoms. The summed E-state index contributed by atoms with van der Waals surface area (Å²) in [5.74, 6) is 0.564. The Bertz CT molecular complexity index is 707. The van der Waals surface area contributed by atoms with E-state index in [2.05, 4.69) is 20.3 Å². The molecule has 0 bridgehead atoms. The quantitative estimate of drug-likeness (QED) is 0.736. The van der Waals surface area contributed by atoms with Crippen molar-refractivity contribution in [1.29, 1.82) is 0 Å². The lowest BCUT2D eigenvalue weighted by Crippen LogP contribution is -2.28. The lowest BCUT2D eigenvalue weighted by molar-refractivity contribution is -0.120. The van der Waals surface area contributed by atoms with Gasteiger partial charge in [0.1, 0.15) is 11.6 Å². The molecule has 2 aromatic rings. The smallest absolute Gasteiger partial charge is 0.252 e. The van der Waals surface area contributed by atoms with Crippen molar-refractivity contribution in [1.82, 2.24) is 20.3 Å². The van der Waals surface area contributed by atoms with Gasteiger partial charge in [0, 0.05) is 23.9 Å².